The molecule has 0 aliphatic rings. The van der Waals surface area contributed by atoms with Gasteiger partial charge in [-0.2, -0.15) is 0 Å². The lowest BCUT2D eigenvalue weighted by Crippen LogP contribution is -2.43. The lowest BCUT2D eigenvalue weighted by atomic mass is 10.2. The molecule has 0 spiro atoms. The Bertz CT molecular complexity index is 473. The van der Waals surface area contributed by atoms with Crippen molar-refractivity contribution in [2.45, 2.75) is 19.0 Å². The molecule has 1 aromatic heterocycles. The van der Waals surface area contributed by atoms with E-state index >= 15 is 0 Å². The van der Waals surface area contributed by atoms with Gasteiger partial charge in [-0.15, -0.1) is 11.3 Å². The summed E-state index contributed by atoms with van der Waals surface area (Å²) in [7, 11) is 0. The smallest absolute Gasteiger partial charge is 0.326 e. The molecule has 0 unspecified atom stereocenters. The summed E-state index contributed by atoms with van der Waals surface area (Å²) in [5.41, 5.74) is 10.3. The number of carbonyl (C=O) groups excluding carboxylic acids is 2. The molecule has 0 fully saturated rings. The van der Waals surface area contributed by atoms with Crippen LogP contribution >= 0.6 is 11.3 Å². The van der Waals surface area contributed by atoms with Crippen molar-refractivity contribution in [2.75, 3.05) is 0 Å². The predicted octanol–water partition coefficient (Wildman–Crippen LogP) is -1.34. The predicted molar refractivity (Wildman–Crippen MR) is 62.7 cm³/mol. The van der Waals surface area contributed by atoms with Crippen LogP contribution in [0.25, 0.3) is 0 Å². The van der Waals surface area contributed by atoms with Crippen molar-refractivity contribution < 1.29 is 19.5 Å². The Morgan fingerprint density at radius 2 is 2.17 bits per heavy atom. The Labute approximate surface area is 106 Å². The van der Waals surface area contributed by atoms with E-state index in [1.807, 2.05) is 0 Å². The van der Waals surface area contributed by atoms with Gasteiger partial charge in [0.15, 0.2) is 0 Å². The van der Waals surface area contributed by atoms with Crippen LogP contribution in [0.4, 0.5) is 0 Å². The van der Waals surface area contributed by atoms with Gasteiger partial charge in [-0.25, -0.2) is 9.78 Å². The summed E-state index contributed by atoms with van der Waals surface area (Å²) in [6.07, 6.45) is -0.477. The zero-order valence-corrected chi connectivity index (χ0v) is 10.1. The molecule has 0 saturated carbocycles. The number of thiazole rings is 1. The summed E-state index contributed by atoms with van der Waals surface area (Å²) in [4.78, 5) is 37.0. The molecular weight excluding hydrogens is 260 g/mol. The number of aromatic nitrogens is 1. The van der Waals surface area contributed by atoms with E-state index in [9.17, 15) is 14.4 Å². The van der Waals surface area contributed by atoms with Crippen molar-refractivity contribution >= 4 is 29.1 Å². The Morgan fingerprint density at radius 1 is 1.50 bits per heavy atom. The van der Waals surface area contributed by atoms with Gasteiger partial charge in [0.1, 0.15) is 16.7 Å². The van der Waals surface area contributed by atoms with Crippen molar-refractivity contribution in [2.24, 2.45) is 11.5 Å². The minimum absolute atomic E-state index is 0.0659. The number of carbonyl (C=O) groups is 3. The number of amides is 2. The summed E-state index contributed by atoms with van der Waals surface area (Å²) in [5, 5.41) is 13.0. The van der Waals surface area contributed by atoms with Crippen LogP contribution < -0.4 is 16.8 Å². The molecule has 18 heavy (non-hydrogen) atoms. The van der Waals surface area contributed by atoms with Crippen LogP contribution in [0.1, 0.15) is 21.9 Å². The average Bonchev–Trinajstić information content (AvgIpc) is 2.75. The van der Waals surface area contributed by atoms with Gasteiger partial charge in [0.05, 0.1) is 6.42 Å². The number of carboxylic acids is 1. The molecule has 8 nitrogen and oxygen atoms in total. The summed E-state index contributed by atoms with van der Waals surface area (Å²) in [5.74, 6) is -2.83. The number of hydrogen-bond acceptors (Lipinski definition) is 6. The fraction of sp³-hybridized carbons (Fsp3) is 0.333. The molecule has 0 aromatic carbocycles. The molecule has 98 valence electrons. The molecule has 1 atom stereocenters. The first kappa shape index (κ1) is 14.1. The van der Waals surface area contributed by atoms with Gasteiger partial charge < -0.3 is 21.9 Å². The number of rotatable bonds is 6. The van der Waals surface area contributed by atoms with E-state index in [1.165, 1.54) is 16.7 Å². The van der Waals surface area contributed by atoms with E-state index in [-0.39, 0.29) is 12.2 Å². The second kappa shape index (κ2) is 6.07. The molecule has 0 aliphatic heterocycles. The van der Waals surface area contributed by atoms with Crippen LogP contribution in [0.15, 0.2) is 5.38 Å². The highest BCUT2D eigenvalue weighted by molar-refractivity contribution is 7.09. The SMILES string of the molecule is NCc1nc(C(=O)N[C@H](CC(N)=O)C(=O)O)cs1. The monoisotopic (exact) mass is 272 g/mol. The maximum absolute atomic E-state index is 11.6. The standard InChI is InChI=1S/C9H12N4O4S/c10-2-7-12-5(3-18-7)8(15)13-4(9(16)17)1-6(11)14/h3-4H,1-2,10H2,(H2,11,14)(H,13,15)(H,16,17)/t4-/m1/s1. The topological polar surface area (TPSA) is 148 Å². The van der Waals surface area contributed by atoms with E-state index in [4.69, 9.17) is 16.6 Å². The van der Waals surface area contributed by atoms with Crippen LogP contribution in [-0.2, 0) is 16.1 Å². The van der Waals surface area contributed by atoms with E-state index in [0.717, 1.165) is 0 Å². The van der Waals surface area contributed by atoms with Crippen LogP contribution in [-0.4, -0.2) is 33.9 Å². The molecule has 2 amide bonds. The molecule has 1 aromatic rings. The first-order valence-electron chi connectivity index (χ1n) is 4.90. The molecule has 6 N–H and O–H groups in total. The molecule has 0 bridgehead atoms. The fourth-order valence-corrected chi connectivity index (χ4v) is 1.80. The number of primary amides is 1. The summed E-state index contributed by atoms with van der Waals surface area (Å²) in [6.45, 7) is 0.196. The van der Waals surface area contributed by atoms with Gasteiger partial charge in [0.25, 0.3) is 5.91 Å². The van der Waals surface area contributed by atoms with Gasteiger partial charge in [-0.3, -0.25) is 9.59 Å². The molecule has 0 radical (unpaired) electrons. The lowest BCUT2D eigenvalue weighted by molar-refractivity contribution is -0.140. The van der Waals surface area contributed by atoms with E-state index in [0.29, 0.717) is 5.01 Å². The highest BCUT2D eigenvalue weighted by atomic mass is 32.1. The van der Waals surface area contributed by atoms with Gasteiger partial charge in [0.2, 0.25) is 5.91 Å². The van der Waals surface area contributed by atoms with Crippen molar-refractivity contribution in [3.05, 3.63) is 16.1 Å². The van der Waals surface area contributed by atoms with Gasteiger partial charge >= 0.3 is 5.97 Å². The zero-order valence-electron chi connectivity index (χ0n) is 9.25. The number of aliphatic carboxylic acids is 1. The molecule has 9 heteroatoms. The Morgan fingerprint density at radius 3 is 2.61 bits per heavy atom. The summed E-state index contributed by atoms with van der Waals surface area (Å²) in [6, 6.07) is -1.36. The molecule has 0 aliphatic carbocycles. The molecular formula is C9H12N4O4S. The Balaban J connectivity index is 2.71. The minimum Gasteiger partial charge on any atom is -0.480 e. The van der Waals surface area contributed by atoms with E-state index in [2.05, 4.69) is 10.3 Å². The summed E-state index contributed by atoms with van der Waals surface area (Å²) < 4.78 is 0. The van der Waals surface area contributed by atoms with Crippen molar-refractivity contribution in [1.29, 1.82) is 0 Å². The quantitative estimate of drug-likeness (QED) is 0.503. The summed E-state index contributed by atoms with van der Waals surface area (Å²) >= 11 is 1.19. The first-order chi connectivity index (χ1) is 8.43. The normalized spacial score (nSPS) is 11.8. The van der Waals surface area contributed by atoms with Crippen LogP contribution in [0.5, 0.6) is 0 Å². The van der Waals surface area contributed by atoms with Crippen LogP contribution in [0, 0.1) is 0 Å². The fourth-order valence-electron chi connectivity index (χ4n) is 1.14. The number of nitrogens with two attached hydrogens (primary N) is 2. The van der Waals surface area contributed by atoms with Crippen LogP contribution in [0.2, 0.25) is 0 Å². The van der Waals surface area contributed by atoms with Crippen LogP contribution in [0.3, 0.4) is 0 Å². The zero-order chi connectivity index (χ0) is 13.7. The number of hydrogen-bond donors (Lipinski definition) is 4. The largest absolute Gasteiger partial charge is 0.480 e. The number of carboxylic acid groups (broad SMARTS) is 1. The minimum atomic E-state index is -1.36. The number of nitrogens with one attached hydrogen (secondary N) is 1. The second-order valence-electron chi connectivity index (χ2n) is 3.37. The van der Waals surface area contributed by atoms with E-state index < -0.39 is 30.2 Å². The lowest BCUT2D eigenvalue weighted by Gasteiger charge is -2.11. The van der Waals surface area contributed by atoms with Crippen molar-refractivity contribution in [3.8, 4) is 0 Å². The molecule has 1 rings (SSSR count). The maximum Gasteiger partial charge on any atom is 0.326 e. The Hall–Kier alpha value is -2.00. The molecule has 0 saturated heterocycles. The third kappa shape index (κ3) is 3.79. The third-order valence-electron chi connectivity index (χ3n) is 1.97. The highest BCUT2D eigenvalue weighted by Gasteiger charge is 2.23. The molecule has 1 heterocycles. The first-order valence-corrected chi connectivity index (χ1v) is 5.78. The third-order valence-corrected chi connectivity index (χ3v) is 2.84. The van der Waals surface area contributed by atoms with E-state index in [1.54, 1.807) is 0 Å². The van der Waals surface area contributed by atoms with Crippen molar-refractivity contribution in [1.82, 2.24) is 10.3 Å². The Kier molecular flexibility index (Phi) is 4.75. The van der Waals surface area contributed by atoms with Crippen molar-refractivity contribution in [3.63, 3.8) is 0 Å². The number of nitrogens with zero attached hydrogens (tertiary/aromatic N) is 1. The maximum atomic E-state index is 11.6. The average molecular weight is 272 g/mol. The van der Waals surface area contributed by atoms with Gasteiger partial charge in [-0.1, -0.05) is 0 Å². The highest BCUT2D eigenvalue weighted by Crippen LogP contribution is 2.09. The van der Waals surface area contributed by atoms with Gasteiger partial charge in [0, 0.05) is 11.9 Å². The van der Waals surface area contributed by atoms with Gasteiger partial charge in [-0.05, 0) is 0 Å². The second-order valence-corrected chi connectivity index (χ2v) is 4.31.